The lowest BCUT2D eigenvalue weighted by Gasteiger charge is -2.09. The zero-order valence-corrected chi connectivity index (χ0v) is 16.7. The number of rotatable bonds is 8. The van der Waals surface area contributed by atoms with Crippen molar-refractivity contribution in [3.8, 4) is 11.5 Å². The number of nitrogens with one attached hydrogen (secondary N) is 2. The van der Waals surface area contributed by atoms with Crippen molar-refractivity contribution >= 4 is 18.1 Å². The van der Waals surface area contributed by atoms with Crippen molar-refractivity contribution < 1.29 is 23.8 Å². The molecule has 0 bridgehead atoms. The van der Waals surface area contributed by atoms with Crippen LogP contribution in [0.3, 0.4) is 0 Å². The number of carbonyl (C=O) groups is 2. The molecule has 0 atom stereocenters. The SMILES string of the molecule is CCOC(=O)c1c(C)[nH]c(C(=O)N/N=C\c2ccc(OCC)c(OC)c2)c1C. The van der Waals surface area contributed by atoms with E-state index in [1.54, 1.807) is 46.1 Å². The van der Waals surface area contributed by atoms with Gasteiger partial charge in [-0.25, -0.2) is 10.2 Å². The molecule has 1 amide bonds. The number of hydrogen-bond donors (Lipinski definition) is 2. The van der Waals surface area contributed by atoms with Crippen LogP contribution in [0.15, 0.2) is 23.3 Å². The molecule has 0 unspecified atom stereocenters. The van der Waals surface area contributed by atoms with Gasteiger partial charge in [0.2, 0.25) is 0 Å². The van der Waals surface area contributed by atoms with Crippen LogP contribution in [-0.4, -0.2) is 43.4 Å². The van der Waals surface area contributed by atoms with Gasteiger partial charge in [-0.3, -0.25) is 4.79 Å². The van der Waals surface area contributed by atoms with Gasteiger partial charge in [-0.05, 0) is 57.0 Å². The van der Waals surface area contributed by atoms with Gasteiger partial charge in [0.15, 0.2) is 11.5 Å². The summed E-state index contributed by atoms with van der Waals surface area (Å²) in [6.45, 7) is 7.81. The molecule has 2 N–H and O–H groups in total. The second-order valence-electron chi connectivity index (χ2n) is 5.89. The Labute approximate surface area is 163 Å². The fraction of sp³-hybridized carbons (Fsp3) is 0.350. The van der Waals surface area contributed by atoms with Crippen molar-refractivity contribution in [1.82, 2.24) is 10.4 Å². The Morgan fingerprint density at radius 2 is 1.93 bits per heavy atom. The third kappa shape index (κ3) is 4.70. The molecule has 8 nitrogen and oxygen atoms in total. The molecule has 0 aliphatic heterocycles. The van der Waals surface area contributed by atoms with E-state index >= 15 is 0 Å². The van der Waals surface area contributed by atoms with Crippen LogP contribution in [0.5, 0.6) is 11.5 Å². The number of benzene rings is 1. The minimum atomic E-state index is -0.460. The van der Waals surface area contributed by atoms with Crippen LogP contribution in [0, 0.1) is 13.8 Å². The quantitative estimate of drug-likeness (QED) is 0.412. The molecule has 8 heteroatoms. The predicted molar refractivity (Wildman–Crippen MR) is 105 cm³/mol. The first-order chi connectivity index (χ1) is 13.4. The highest BCUT2D eigenvalue weighted by molar-refractivity contribution is 6.00. The van der Waals surface area contributed by atoms with Gasteiger partial charge in [0.25, 0.3) is 5.91 Å². The van der Waals surface area contributed by atoms with Gasteiger partial charge in [-0.15, -0.1) is 0 Å². The summed E-state index contributed by atoms with van der Waals surface area (Å²) in [5, 5.41) is 3.97. The Morgan fingerprint density at radius 3 is 2.57 bits per heavy atom. The Kier molecular flexibility index (Phi) is 7.20. The van der Waals surface area contributed by atoms with Gasteiger partial charge >= 0.3 is 5.97 Å². The number of esters is 1. The molecule has 0 fully saturated rings. The van der Waals surface area contributed by atoms with E-state index in [1.165, 1.54) is 6.21 Å². The van der Waals surface area contributed by atoms with Gasteiger partial charge < -0.3 is 19.2 Å². The standard InChI is InChI=1S/C20H25N3O5/c1-6-27-15-9-8-14(10-16(15)26-5)11-21-23-19(24)18-12(3)17(13(4)22-18)20(25)28-7-2/h8-11,22H,6-7H2,1-5H3,(H,23,24)/b21-11-. The highest BCUT2D eigenvalue weighted by atomic mass is 16.5. The number of hydrogen-bond acceptors (Lipinski definition) is 6. The van der Waals surface area contributed by atoms with Crippen LogP contribution >= 0.6 is 0 Å². The number of methoxy groups -OCH3 is 1. The molecule has 2 rings (SSSR count). The molecule has 0 aliphatic rings. The van der Waals surface area contributed by atoms with Gasteiger partial charge in [0, 0.05) is 5.69 Å². The third-order valence-electron chi connectivity index (χ3n) is 4.01. The number of ether oxygens (including phenoxy) is 3. The molecule has 0 aliphatic carbocycles. The Hall–Kier alpha value is -3.29. The Morgan fingerprint density at radius 1 is 1.18 bits per heavy atom. The highest BCUT2D eigenvalue weighted by Gasteiger charge is 2.22. The maximum absolute atomic E-state index is 12.4. The first-order valence-electron chi connectivity index (χ1n) is 8.93. The van der Waals surface area contributed by atoms with Crippen LogP contribution in [-0.2, 0) is 4.74 Å². The summed E-state index contributed by atoms with van der Waals surface area (Å²) in [6.07, 6.45) is 1.49. The van der Waals surface area contributed by atoms with Crippen LogP contribution in [0.4, 0.5) is 0 Å². The second-order valence-corrected chi connectivity index (χ2v) is 5.89. The summed E-state index contributed by atoms with van der Waals surface area (Å²) < 4.78 is 15.8. The molecular weight excluding hydrogens is 362 g/mol. The first-order valence-corrected chi connectivity index (χ1v) is 8.93. The van der Waals surface area contributed by atoms with E-state index in [9.17, 15) is 9.59 Å². The van der Waals surface area contributed by atoms with Crippen molar-refractivity contribution in [1.29, 1.82) is 0 Å². The third-order valence-corrected chi connectivity index (χ3v) is 4.01. The molecular formula is C20H25N3O5. The van der Waals surface area contributed by atoms with Crippen LogP contribution < -0.4 is 14.9 Å². The molecule has 0 saturated heterocycles. The number of aryl methyl sites for hydroxylation is 1. The molecule has 28 heavy (non-hydrogen) atoms. The van der Waals surface area contributed by atoms with E-state index in [-0.39, 0.29) is 12.3 Å². The zero-order chi connectivity index (χ0) is 20.7. The van der Waals surface area contributed by atoms with E-state index in [4.69, 9.17) is 14.2 Å². The maximum Gasteiger partial charge on any atom is 0.340 e. The van der Waals surface area contributed by atoms with Crippen LogP contribution in [0.1, 0.15) is 51.5 Å². The lowest BCUT2D eigenvalue weighted by molar-refractivity contribution is 0.0525. The fourth-order valence-corrected chi connectivity index (χ4v) is 2.75. The molecule has 1 aromatic heterocycles. The van der Waals surface area contributed by atoms with Crippen molar-refractivity contribution in [2.24, 2.45) is 5.10 Å². The highest BCUT2D eigenvalue weighted by Crippen LogP contribution is 2.27. The minimum absolute atomic E-state index is 0.264. The lowest BCUT2D eigenvalue weighted by Crippen LogP contribution is -2.19. The summed E-state index contributed by atoms with van der Waals surface area (Å²) in [6, 6.07) is 5.32. The average Bonchev–Trinajstić information content (AvgIpc) is 2.97. The minimum Gasteiger partial charge on any atom is -0.493 e. The first kappa shape index (κ1) is 21.0. The summed E-state index contributed by atoms with van der Waals surface area (Å²) in [5.74, 6) is 0.297. The van der Waals surface area contributed by atoms with E-state index in [2.05, 4.69) is 15.5 Å². The summed E-state index contributed by atoms with van der Waals surface area (Å²) in [4.78, 5) is 27.4. The van der Waals surface area contributed by atoms with Gasteiger partial charge in [-0.2, -0.15) is 5.10 Å². The smallest absolute Gasteiger partial charge is 0.340 e. The summed E-state index contributed by atoms with van der Waals surface area (Å²) >= 11 is 0. The van der Waals surface area contributed by atoms with Crippen molar-refractivity contribution in [2.45, 2.75) is 27.7 Å². The molecule has 1 heterocycles. The summed E-state index contributed by atoms with van der Waals surface area (Å²) in [5.41, 5.74) is 4.90. The van der Waals surface area contributed by atoms with Crippen LogP contribution in [0.2, 0.25) is 0 Å². The predicted octanol–water partition coefficient (Wildman–Crippen LogP) is 2.98. The molecule has 2 aromatic rings. The van der Waals surface area contributed by atoms with E-state index in [1.807, 2.05) is 6.92 Å². The average molecular weight is 387 g/mol. The second kappa shape index (κ2) is 9.59. The number of nitrogens with zero attached hydrogens (tertiary/aromatic N) is 1. The Balaban J connectivity index is 2.12. The Bertz CT molecular complexity index is 886. The number of carbonyl (C=O) groups excluding carboxylic acids is 2. The van der Waals surface area contributed by atoms with Gasteiger partial charge in [-0.1, -0.05) is 0 Å². The molecule has 0 saturated carbocycles. The van der Waals surface area contributed by atoms with E-state index in [0.29, 0.717) is 34.9 Å². The zero-order valence-electron chi connectivity index (χ0n) is 16.7. The van der Waals surface area contributed by atoms with Gasteiger partial charge in [0.1, 0.15) is 5.69 Å². The number of hydrazone groups is 1. The van der Waals surface area contributed by atoms with Crippen LogP contribution in [0.25, 0.3) is 0 Å². The molecule has 0 spiro atoms. The summed E-state index contributed by atoms with van der Waals surface area (Å²) in [7, 11) is 1.55. The molecule has 1 aromatic carbocycles. The number of aromatic nitrogens is 1. The topological polar surface area (TPSA) is 102 Å². The number of aromatic amines is 1. The number of H-pyrrole nitrogens is 1. The van der Waals surface area contributed by atoms with E-state index in [0.717, 1.165) is 5.56 Å². The maximum atomic E-state index is 12.4. The normalized spacial score (nSPS) is 10.8. The van der Waals surface area contributed by atoms with Crippen molar-refractivity contribution in [3.05, 3.63) is 46.3 Å². The molecule has 150 valence electrons. The largest absolute Gasteiger partial charge is 0.493 e. The fourth-order valence-electron chi connectivity index (χ4n) is 2.75. The number of amides is 1. The molecule has 0 radical (unpaired) electrons. The van der Waals surface area contributed by atoms with E-state index < -0.39 is 11.9 Å². The van der Waals surface area contributed by atoms with Crippen molar-refractivity contribution in [2.75, 3.05) is 20.3 Å². The monoisotopic (exact) mass is 387 g/mol. The lowest BCUT2D eigenvalue weighted by atomic mass is 10.1. The van der Waals surface area contributed by atoms with Gasteiger partial charge in [0.05, 0.1) is 32.1 Å². The van der Waals surface area contributed by atoms with Crippen molar-refractivity contribution in [3.63, 3.8) is 0 Å².